The van der Waals surface area contributed by atoms with Gasteiger partial charge in [0, 0.05) is 0 Å². The predicted octanol–water partition coefficient (Wildman–Crippen LogP) is 3.75. The van der Waals surface area contributed by atoms with Gasteiger partial charge in [0.2, 0.25) is 11.8 Å². The van der Waals surface area contributed by atoms with Gasteiger partial charge in [0.15, 0.2) is 0 Å². The van der Waals surface area contributed by atoms with Gasteiger partial charge in [-0.25, -0.2) is 4.79 Å². The molecule has 4 atom stereocenters. The summed E-state index contributed by atoms with van der Waals surface area (Å²) < 4.78 is 5.44. The normalized spacial score (nSPS) is 28.0. The Labute approximate surface area is 163 Å². The summed E-state index contributed by atoms with van der Waals surface area (Å²) in [7, 11) is 0. The van der Waals surface area contributed by atoms with E-state index >= 15 is 0 Å². The number of esters is 1. The van der Waals surface area contributed by atoms with E-state index in [0.29, 0.717) is 28.8 Å². The van der Waals surface area contributed by atoms with Crippen molar-refractivity contribution in [3.63, 3.8) is 0 Å². The van der Waals surface area contributed by atoms with Crippen molar-refractivity contribution in [1.29, 1.82) is 0 Å². The molecular formula is C23H21NO4. The number of carbonyl (C=O) groups excluding carboxylic acids is 3. The number of anilines is 1. The summed E-state index contributed by atoms with van der Waals surface area (Å²) in [5.74, 6) is 0.298. The first-order valence-corrected chi connectivity index (χ1v) is 9.80. The van der Waals surface area contributed by atoms with Crippen molar-refractivity contribution in [2.75, 3.05) is 4.90 Å². The van der Waals surface area contributed by atoms with Crippen LogP contribution in [0.4, 0.5) is 5.69 Å². The van der Waals surface area contributed by atoms with Crippen LogP contribution in [0, 0.1) is 30.6 Å². The Morgan fingerprint density at radius 1 is 0.929 bits per heavy atom. The highest BCUT2D eigenvalue weighted by atomic mass is 16.5. The zero-order chi connectivity index (χ0) is 19.4. The molecule has 2 aliphatic carbocycles. The quantitative estimate of drug-likeness (QED) is 0.466. The van der Waals surface area contributed by atoms with E-state index in [9.17, 15) is 14.4 Å². The standard InChI is InChI=1S/C23H21NO4/c1-13-4-2-3-5-18(13)23(27)28-17-10-8-16(9-11-17)24-21(25)19-14-6-7-15(12-14)20(19)22(24)26/h2-5,8-11,14-15,19-20H,6-7,12H2,1H3/t14-,15-,19-,20+/m1/s1. The lowest BCUT2D eigenvalue weighted by Crippen LogP contribution is -2.32. The molecule has 2 aromatic carbocycles. The number of benzene rings is 2. The summed E-state index contributed by atoms with van der Waals surface area (Å²) in [6.07, 6.45) is 3.15. The summed E-state index contributed by atoms with van der Waals surface area (Å²) in [4.78, 5) is 39.5. The maximum atomic E-state index is 12.9. The van der Waals surface area contributed by atoms with Crippen LogP contribution in [-0.2, 0) is 9.59 Å². The van der Waals surface area contributed by atoms with Crippen LogP contribution in [-0.4, -0.2) is 17.8 Å². The SMILES string of the molecule is Cc1ccccc1C(=O)Oc1ccc(N2C(=O)[C@@H]3[C@@H]4CC[C@H](C4)[C@@H]3C2=O)cc1. The van der Waals surface area contributed by atoms with Gasteiger partial charge >= 0.3 is 5.97 Å². The molecule has 0 radical (unpaired) electrons. The van der Waals surface area contributed by atoms with E-state index in [0.717, 1.165) is 24.8 Å². The number of imide groups is 1. The molecule has 5 nitrogen and oxygen atoms in total. The average Bonchev–Trinajstić information content (AvgIpc) is 3.37. The number of rotatable bonds is 3. The maximum absolute atomic E-state index is 12.9. The third-order valence-corrected chi connectivity index (χ3v) is 6.60. The lowest BCUT2D eigenvalue weighted by Gasteiger charge is -2.19. The van der Waals surface area contributed by atoms with E-state index < -0.39 is 5.97 Å². The van der Waals surface area contributed by atoms with Crippen LogP contribution < -0.4 is 9.64 Å². The molecule has 0 aromatic heterocycles. The van der Waals surface area contributed by atoms with Crippen molar-refractivity contribution in [2.45, 2.75) is 26.2 Å². The first-order chi connectivity index (χ1) is 13.5. The van der Waals surface area contributed by atoms with E-state index in [1.165, 1.54) is 4.90 Å². The molecule has 5 rings (SSSR count). The zero-order valence-electron chi connectivity index (χ0n) is 15.6. The highest BCUT2D eigenvalue weighted by Crippen LogP contribution is 2.56. The molecule has 1 saturated heterocycles. The fourth-order valence-corrected chi connectivity index (χ4v) is 5.29. The fraction of sp³-hybridized carbons (Fsp3) is 0.348. The largest absolute Gasteiger partial charge is 0.423 e. The van der Waals surface area contributed by atoms with E-state index in [2.05, 4.69) is 0 Å². The summed E-state index contributed by atoms with van der Waals surface area (Å²) in [5.41, 5.74) is 1.91. The molecule has 0 N–H and O–H groups in total. The molecule has 2 amide bonds. The van der Waals surface area contributed by atoms with Gasteiger partial charge in [0.25, 0.3) is 0 Å². The van der Waals surface area contributed by atoms with E-state index in [-0.39, 0.29) is 23.7 Å². The van der Waals surface area contributed by atoms with Crippen molar-refractivity contribution in [1.82, 2.24) is 0 Å². The lowest BCUT2D eigenvalue weighted by atomic mass is 9.81. The van der Waals surface area contributed by atoms with Crippen LogP contribution >= 0.6 is 0 Å². The van der Waals surface area contributed by atoms with Gasteiger partial charge in [-0.05, 0) is 73.9 Å². The monoisotopic (exact) mass is 375 g/mol. The first kappa shape index (κ1) is 17.2. The molecule has 1 aliphatic heterocycles. The molecule has 2 aromatic rings. The Kier molecular flexibility index (Phi) is 3.86. The molecule has 3 aliphatic rings. The lowest BCUT2D eigenvalue weighted by molar-refractivity contribution is -0.123. The van der Waals surface area contributed by atoms with Crippen LogP contribution in [0.1, 0.15) is 35.2 Å². The van der Waals surface area contributed by atoms with E-state index in [1.54, 1.807) is 36.4 Å². The third-order valence-electron chi connectivity index (χ3n) is 6.60. The third kappa shape index (κ3) is 2.49. The second kappa shape index (κ2) is 6.30. The second-order valence-electron chi connectivity index (χ2n) is 8.10. The molecule has 0 unspecified atom stereocenters. The minimum absolute atomic E-state index is 0.0631. The fourth-order valence-electron chi connectivity index (χ4n) is 5.29. The molecule has 5 heteroatoms. The van der Waals surface area contributed by atoms with Gasteiger partial charge in [-0.15, -0.1) is 0 Å². The van der Waals surface area contributed by atoms with Crippen molar-refractivity contribution >= 4 is 23.5 Å². The number of aryl methyl sites for hydroxylation is 1. The Morgan fingerprint density at radius 3 is 2.14 bits per heavy atom. The maximum Gasteiger partial charge on any atom is 0.343 e. The first-order valence-electron chi connectivity index (χ1n) is 9.80. The van der Waals surface area contributed by atoms with Crippen LogP contribution in [0.2, 0.25) is 0 Å². The minimum Gasteiger partial charge on any atom is -0.423 e. The van der Waals surface area contributed by atoms with Gasteiger partial charge < -0.3 is 4.74 Å². The highest BCUT2D eigenvalue weighted by molar-refractivity contribution is 6.22. The molecule has 142 valence electrons. The molecule has 2 bridgehead atoms. The smallest absolute Gasteiger partial charge is 0.343 e. The van der Waals surface area contributed by atoms with Crippen LogP contribution in [0.3, 0.4) is 0 Å². The summed E-state index contributed by atoms with van der Waals surface area (Å²) >= 11 is 0. The van der Waals surface area contributed by atoms with Crippen molar-refractivity contribution in [3.05, 3.63) is 59.7 Å². The molecule has 28 heavy (non-hydrogen) atoms. The van der Waals surface area contributed by atoms with Crippen molar-refractivity contribution in [2.24, 2.45) is 23.7 Å². The average molecular weight is 375 g/mol. The molecule has 1 heterocycles. The highest BCUT2D eigenvalue weighted by Gasteiger charge is 2.61. The topological polar surface area (TPSA) is 63.7 Å². The Balaban J connectivity index is 1.35. The zero-order valence-corrected chi connectivity index (χ0v) is 15.6. The van der Waals surface area contributed by atoms with Crippen molar-refractivity contribution in [3.8, 4) is 5.75 Å². The Bertz CT molecular complexity index is 952. The summed E-state index contributed by atoms with van der Waals surface area (Å²) in [5, 5.41) is 0. The number of fused-ring (bicyclic) bond motifs is 5. The Morgan fingerprint density at radius 2 is 1.54 bits per heavy atom. The van der Waals surface area contributed by atoms with Crippen LogP contribution in [0.15, 0.2) is 48.5 Å². The number of nitrogens with zero attached hydrogens (tertiary/aromatic N) is 1. The van der Waals surface area contributed by atoms with Crippen LogP contribution in [0.5, 0.6) is 5.75 Å². The molecular weight excluding hydrogens is 354 g/mol. The van der Waals surface area contributed by atoms with Crippen molar-refractivity contribution < 1.29 is 19.1 Å². The molecule has 2 saturated carbocycles. The van der Waals surface area contributed by atoms with Crippen LogP contribution in [0.25, 0.3) is 0 Å². The number of hydrogen-bond acceptors (Lipinski definition) is 4. The predicted molar refractivity (Wildman–Crippen MR) is 103 cm³/mol. The van der Waals surface area contributed by atoms with E-state index in [4.69, 9.17) is 4.74 Å². The molecule has 0 spiro atoms. The number of carbonyl (C=O) groups is 3. The minimum atomic E-state index is -0.426. The van der Waals surface area contributed by atoms with E-state index in [1.807, 2.05) is 19.1 Å². The van der Waals surface area contributed by atoms with Gasteiger partial charge in [0.05, 0.1) is 23.1 Å². The number of amides is 2. The van der Waals surface area contributed by atoms with Gasteiger partial charge in [-0.2, -0.15) is 0 Å². The number of hydrogen-bond donors (Lipinski definition) is 0. The second-order valence-corrected chi connectivity index (χ2v) is 8.10. The summed E-state index contributed by atoms with van der Waals surface area (Å²) in [6.45, 7) is 1.86. The van der Waals surface area contributed by atoms with Gasteiger partial charge in [-0.1, -0.05) is 18.2 Å². The number of ether oxygens (including phenoxy) is 1. The van der Waals surface area contributed by atoms with Gasteiger partial charge in [-0.3, -0.25) is 14.5 Å². The molecule has 3 fully saturated rings. The summed E-state index contributed by atoms with van der Waals surface area (Å²) in [6, 6.07) is 13.9. The Hall–Kier alpha value is -2.95. The van der Waals surface area contributed by atoms with Gasteiger partial charge in [0.1, 0.15) is 5.75 Å².